The number of hydroxylamine groups is 1. The van der Waals surface area contributed by atoms with Crippen molar-refractivity contribution in [1.29, 1.82) is 0 Å². The molecule has 1 saturated carbocycles. The van der Waals surface area contributed by atoms with Gasteiger partial charge in [0.15, 0.2) is 5.82 Å². The van der Waals surface area contributed by atoms with Crippen molar-refractivity contribution in [2.45, 2.75) is 37.2 Å². The van der Waals surface area contributed by atoms with E-state index in [9.17, 15) is 14.7 Å². The van der Waals surface area contributed by atoms with Crippen molar-refractivity contribution in [3.05, 3.63) is 72.6 Å². The van der Waals surface area contributed by atoms with Crippen molar-refractivity contribution in [2.75, 3.05) is 11.6 Å². The second-order valence-corrected chi connectivity index (χ2v) is 8.43. The van der Waals surface area contributed by atoms with Crippen LogP contribution in [0.1, 0.15) is 37.4 Å². The predicted molar refractivity (Wildman–Crippen MR) is 119 cm³/mol. The Morgan fingerprint density at radius 1 is 1.06 bits per heavy atom. The zero-order valence-electron chi connectivity index (χ0n) is 17.4. The number of halogens is 1. The molecular weight excluding hydrogens is 409 g/mol. The van der Waals surface area contributed by atoms with Crippen molar-refractivity contribution < 1.29 is 14.7 Å². The highest BCUT2D eigenvalue weighted by Gasteiger charge is 2.36. The van der Waals surface area contributed by atoms with E-state index < -0.39 is 11.4 Å². The Morgan fingerprint density at radius 2 is 1.81 bits per heavy atom. The van der Waals surface area contributed by atoms with E-state index in [4.69, 9.17) is 4.98 Å². The number of anilines is 1. The first-order valence-corrected chi connectivity index (χ1v) is 10.7. The Kier molecular flexibility index (Phi) is 5.32. The van der Waals surface area contributed by atoms with Gasteiger partial charge in [-0.2, -0.15) is 0 Å². The van der Waals surface area contributed by atoms with Crippen LogP contribution in [0.25, 0.3) is 22.4 Å². The molecule has 2 aromatic heterocycles. The van der Waals surface area contributed by atoms with Crippen molar-refractivity contribution >= 4 is 16.7 Å². The molecule has 0 amide bonds. The van der Waals surface area contributed by atoms with Crippen LogP contribution in [0.5, 0.6) is 0 Å². The smallest absolute Gasteiger partial charge is 0.159 e. The number of rotatable bonds is 5. The maximum Gasteiger partial charge on any atom is 0.159 e. The number of H-pyrrole nitrogens is 1. The highest BCUT2D eigenvalue weighted by Crippen LogP contribution is 2.38. The number of nitrogens with one attached hydrogen (secondary N) is 1. The number of hydrogen-bond donors (Lipinski definition) is 3. The van der Waals surface area contributed by atoms with Gasteiger partial charge in [-0.05, 0) is 62.1 Å². The molecule has 2 heterocycles. The average molecular weight is 433 g/mol. The van der Waals surface area contributed by atoms with Crippen molar-refractivity contribution in [3.8, 4) is 11.4 Å². The summed E-state index contributed by atoms with van der Waals surface area (Å²) >= 11 is 0. The molecule has 32 heavy (non-hydrogen) atoms. The maximum absolute atomic E-state index is 13.9. The third-order valence-corrected chi connectivity index (χ3v) is 6.20. The number of benzene rings is 2. The first-order chi connectivity index (χ1) is 15.5. The van der Waals surface area contributed by atoms with E-state index in [2.05, 4.69) is 15.0 Å². The van der Waals surface area contributed by atoms with Crippen molar-refractivity contribution in [2.24, 2.45) is 0 Å². The second-order valence-electron chi connectivity index (χ2n) is 8.43. The van der Waals surface area contributed by atoms with E-state index in [1.807, 2.05) is 18.2 Å². The van der Waals surface area contributed by atoms with Gasteiger partial charge in [0.25, 0.3) is 0 Å². The number of fused-ring (bicyclic) bond motifs is 1. The normalized spacial score (nSPS) is 21.0. The summed E-state index contributed by atoms with van der Waals surface area (Å²) in [4.78, 5) is 16.8. The molecule has 1 fully saturated rings. The molecule has 5 rings (SSSR count). The number of hydrogen-bond acceptors (Lipinski definition) is 6. The van der Waals surface area contributed by atoms with Crippen molar-refractivity contribution in [1.82, 2.24) is 19.9 Å². The van der Waals surface area contributed by atoms with Crippen LogP contribution >= 0.6 is 0 Å². The third-order valence-electron chi connectivity index (χ3n) is 6.20. The number of imidazole rings is 1. The van der Waals surface area contributed by atoms with E-state index in [-0.39, 0.29) is 18.2 Å². The fraction of sp³-hybridized carbons (Fsp3) is 0.292. The molecule has 8 heteroatoms. The van der Waals surface area contributed by atoms with Gasteiger partial charge in [0, 0.05) is 23.9 Å². The summed E-state index contributed by atoms with van der Waals surface area (Å²) < 4.78 is 13.9. The molecule has 0 atom stereocenters. The molecular formula is C24H24FN5O2. The Bertz CT molecular complexity index is 1220. The van der Waals surface area contributed by atoms with Crippen molar-refractivity contribution in [3.63, 3.8) is 0 Å². The third kappa shape index (κ3) is 4.06. The van der Waals surface area contributed by atoms with Gasteiger partial charge in [-0.3, -0.25) is 10.3 Å². The van der Waals surface area contributed by atoms with Gasteiger partial charge in [0.05, 0.1) is 28.9 Å². The maximum atomic E-state index is 13.9. The van der Waals surface area contributed by atoms with Gasteiger partial charge >= 0.3 is 0 Å². The first-order valence-electron chi connectivity index (χ1n) is 10.7. The van der Waals surface area contributed by atoms with E-state index >= 15 is 0 Å². The minimum Gasteiger partial charge on any atom is -0.388 e. The number of para-hydroxylation sites is 1. The van der Waals surface area contributed by atoms with Crippen LogP contribution in [0.3, 0.4) is 0 Å². The van der Waals surface area contributed by atoms with Gasteiger partial charge < -0.3 is 10.1 Å². The molecule has 0 spiro atoms. The van der Waals surface area contributed by atoms with Gasteiger partial charge in [0.1, 0.15) is 11.6 Å². The predicted octanol–water partition coefficient (Wildman–Crippen LogP) is 4.44. The van der Waals surface area contributed by atoms with E-state index in [0.717, 1.165) is 40.3 Å². The van der Waals surface area contributed by atoms with Crippen LogP contribution < -0.4 is 5.06 Å². The SMILES string of the molecule is ON(C[C@]1(O)CC[C@H](c2nc3cc(-c4ncccn4)ccc3[nH]2)CC1)c1ccccc1F. The Balaban J connectivity index is 1.28. The molecule has 1 aliphatic carbocycles. The van der Waals surface area contributed by atoms with Crippen LogP contribution in [-0.2, 0) is 0 Å². The van der Waals surface area contributed by atoms with Gasteiger partial charge in [-0.1, -0.05) is 12.1 Å². The quantitative estimate of drug-likeness (QED) is 0.403. The van der Waals surface area contributed by atoms with E-state index in [0.29, 0.717) is 18.7 Å². The van der Waals surface area contributed by atoms with Crippen LogP contribution in [0.4, 0.5) is 10.1 Å². The number of aromatic amines is 1. The second kappa shape index (κ2) is 8.29. The lowest BCUT2D eigenvalue weighted by atomic mass is 9.78. The lowest BCUT2D eigenvalue weighted by Gasteiger charge is -2.37. The Morgan fingerprint density at radius 3 is 2.56 bits per heavy atom. The van der Waals surface area contributed by atoms with Crippen LogP contribution in [0, 0.1) is 5.82 Å². The Labute approximate surface area is 184 Å². The van der Waals surface area contributed by atoms with E-state index in [1.165, 1.54) is 12.1 Å². The lowest BCUT2D eigenvalue weighted by molar-refractivity contribution is -0.0105. The Hall–Kier alpha value is -3.36. The standard InChI is InChI=1S/C24H24FN5O2/c25-18-4-1-2-5-21(18)30(32)15-24(31)10-8-16(9-11-24)23-28-19-7-6-17(14-20(19)29-23)22-26-12-3-13-27-22/h1-7,12-14,16,31-32H,8-11,15H2,(H,28,29)/t16-,24-. The number of nitrogens with zero attached hydrogens (tertiary/aromatic N) is 4. The van der Waals surface area contributed by atoms with Crippen LogP contribution in [-0.4, -0.2) is 42.4 Å². The lowest BCUT2D eigenvalue weighted by Crippen LogP contribution is -2.44. The monoisotopic (exact) mass is 433 g/mol. The molecule has 0 saturated heterocycles. The first kappa shape index (κ1) is 20.5. The van der Waals surface area contributed by atoms with Gasteiger partial charge in [0.2, 0.25) is 0 Å². The molecule has 7 nitrogen and oxygen atoms in total. The minimum absolute atomic E-state index is 0.0405. The largest absolute Gasteiger partial charge is 0.388 e. The summed E-state index contributed by atoms with van der Waals surface area (Å²) in [6.45, 7) is -0.0405. The highest BCUT2D eigenvalue weighted by molar-refractivity contribution is 5.80. The van der Waals surface area contributed by atoms with Gasteiger partial charge in [-0.25, -0.2) is 19.3 Å². The van der Waals surface area contributed by atoms with Gasteiger partial charge in [-0.15, -0.1) is 0 Å². The summed E-state index contributed by atoms with van der Waals surface area (Å²) in [5.41, 5.74) is 1.69. The number of aromatic nitrogens is 4. The fourth-order valence-corrected chi connectivity index (χ4v) is 4.42. The molecule has 2 aromatic carbocycles. The number of aliphatic hydroxyl groups is 1. The zero-order valence-corrected chi connectivity index (χ0v) is 17.4. The molecule has 1 aliphatic rings. The zero-order chi connectivity index (χ0) is 22.1. The highest BCUT2D eigenvalue weighted by atomic mass is 19.1. The topological polar surface area (TPSA) is 98.2 Å². The minimum atomic E-state index is -1.09. The molecule has 3 N–H and O–H groups in total. The summed E-state index contributed by atoms with van der Waals surface area (Å²) in [5, 5.41) is 22.1. The molecule has 0 unspecified atom stereocenters. The fourth-order valence-electron chi connectivity index (χ4n) is 4.42. The summed E-state index contributed by atoms with van der Waals surface area (Å²) in [7, 11) is 0. The molecule has 0 radical (unpaired) electrons. The average Bonchev–Trinajstić information content (AvgIpc) is 3.23. The molecule has 164 valence electrons. The molecule has 4 aromatic rings. The van der Waals surface area contributed by atoms with E-state index in [1.54, 1.807) is 30.6 Å². The summed E-state index contributed by atoms with van der Waals surface area (Å²) in [6, 6.07) is 13.7. The summed E-state index contributed by atoms with van der Waals surface area (Å²) in [5.74, 6) is 1.21. The van der Waals surface area contributed by atoms with Crippen LogP contribution in [0.2, 0.25) is 0 Å². The van der Waals surface area contributed by atoms with Crippen LogP contribution in [0.15, 0.2) is 60.9 Å². The summed E-state index contributed by atoms with van der Waals surface area (Å²) in [6.07, 6.45) is 5.84. The molecule has 0 aliphatic heterocycles. The molecule has 0 bridgehead atoms.